The zero-order valence-corrected chi connectivity index (χ0v) is 8.77. The lowest BCUT2D eigenvalue weighted by Gasteiger charge is -2.08. The molecule has 0 saturated carbocycles. The van der Waals surface area contributed by atoms with Crippen LogP contribution in [0.4, 0.5) is 0 Å². The molecule has 2 rings (SSSR count). The van der Waals surface area contributed by atoms with Crippen molar-refractivity contribution in [2.75, 3.05) is 0 Å². The molecule has 0 unspecified atom stereocenters. The fraction of sp³-hybridized carbons (Fsp3) is 0.0714. The first-order chi connectivity index (χ1) is 7.29. The summed E-state index contributed by atoms with van der Waals surface area (Å²) in [6.07, 6.45) is 3.67. The Hall–Kier alpha value is -1.89. The van der Waals surface area contributed by atoms with Gasteiger partial charge in [0.05, 0.1) is 0 Å². The van der Waals surface area contributed by atoms with E-state index in [2.05, 4.69) is 30.6 Å². The predicted octanol–water partition coefficient (Wildman–Crippen LogP) is 3.45. The molecule has 1 aromatic heterocycles. The molecule has 1 heterocycles. The minimum absolute atomic E-state index is 1.03. The van der Waals surface area contributed by atoms with Gasteiger partial charge in [-0.25, -0.2) is 0 Å². The van der Waals surface area contributed by atoms with E-state index in [1.807, 2.05) is 30.5 Å². The van der Waals surface area contributed by atoms with E-state index in [9.17, 15) is 0 Å². The SMILES string of the molecule is C=C(c1ccccc1)c1cnccc1C. The minimum atomic E-state index is 1.03. The molecule has 0 saturated heterocycles. The van der Waals surface area contributed by atoms with E-state index >= 15 is 0 Å². The van der Waals surface area contributed by atoms with E-state index in [1.165, 1.54) is 5.56 Å². The van der Waals surface area contributed by atoms with Gasteiger partial charge < -0.3 is 0 Å². The number of pyridine rings is 1. The van der Waals surface area contributed by atoms with E-state index in [0.29, 0.717) is 0 Å². The molecule has 15 heavy (non-hydrogen) atoms. The number of aromatic nitrogens is 1. The summed E-state index contributed by atoms with van der Waals surface area (Å²) in [6.45, 7) is 6.19. The lowest BCUT2D eigenvalue weighted by molar-refractivity contribution is 1.26. The molecular formula is C14H13N. The maximum absolute atomic E-state index is 4.13. The van der Waals surface area contributed by atoms with Crippen LogP contribution in [-0.4, -0.2) is 4.98 Å². The standard InChI is InChI=1S/C14H13N/c1-11-8-9-15-10-14(11)12(2)13-6-4-3-5-7-13/h3-10H,2H2,1H3. The highest BCUT2D eigenvalue weighted by atomic mass is 14.6. The Morgan fingerprint density at radius 2 is 1.87 bits per heavy atom. The van der Waals surface area contributed by atoms with Gasteiger partial charge in [-0.05, 0) is 29.7 Å². The monoisotopic (exact) mass is 195 g/mol. The highest BCUT2D eigenvalue weighted by Gasteiger charge is 2.04. The van der Waals surface area contributed by atoms with Gasteiger partial charge in [-0.3, -0.25) is 4.98 Å². The minimum Gasteiger partial charge on any atom is -0.264 e. The van der Waals surface area contributed by atoms with Gasteiger partial charge in [-0.15, -0.1) is 0 Å². The smallest absolute Gasteiger partial charge is 0.0349 e. The molecule has 0 bridgehead atoms. The second-order valence-corrected chi connectivity index (χ2v) is 3.54. The first kappa shape index (κ1) is 9.66. The van der Waals surface area contributed by atoms with E-state index in [0.717, 1.165) is 16.7 Å². The fourth-order valence-corrected chi connectivity index (χ4v) is 1.57. The van der Waals surface area contributed by atoms with Gasteiger partial charge >= 0.3 is 0 Å². The predicted molar refractivity (Wildman–Crippen MR) is 63.6 cm³/mol. The third-order valence-electron chi connectivity index (χ3n) is 2.49. The largest absolute Gasteiger partial charge is 0.264 e. The van der Waals surface area contributed by atoms with Crippen LogP contribution in [0.3, 0.4) is 0 Å². The summed E-state index contributed by atoms with van der Waals surface area (Å²) in [5.41, 5.74) is 4.50. The topological polar surface area (TPSA) is 12.9 Å². The van der Waals surface area contributed by atoms with Gasteiger partial charge in [0.1, 0.15) is 0 Å². The highest BCUT2D eigenvalue weighted by Crippen LogP contribution is 2.22. The summed E-state index contributed by atoms with van der Waals surface area (Å²) in [5, 5.41) is 0. The molecule has 1 heteroatoms. The summed E-state index contributed by atoms with van der Waals surface area (Å²) in [4.78, 5) is 4.13. The molecule has 2 aromatic rings. The molecule has 0 N–H and O–H groups in total. The summed E-state index contributed by atoms with van der Waals surface area (Å²) < 4.78 is 0. The zero-order chi connectivity index (χ0) is 10.7. The van der Waals surface area contributed by atoms with Crippen LogP contribution in [0.1, 0.15) is 16.7 Å². The fourth-order valence-electron chi connectivity index (χ4n) is 1.57. The maximum Gasteiger partial charge on any atom is 0.0349 e. The molecule has 0 aliphatic heterocycles. The van der Waals surface area contributed by atoms with Crippen LogP contribution < -0.4 is 0 Å². The Morgan fingerprint density at radius 1 is 1.13 bits per heavy atom. The molecular weight excluding hydrogens is 182 g/mol. The van der Waals surface area contributed by atoms with Crippen LogP contribution >= 0.6 is 0 Å². The number of rotatable bonds is 2. The first-order valence-corrected chi connectivity index (χ1v) is 4.94. The van der Waals surface area contributed by atoms with Gasteiger partial charge in [-0.2, -0.15) is 0 Å². The van der Waals surface area contributed by atoms with Crippen LogP contribution in [0.5, 0.6) is 0 Å². The molecule has 1 aromatic carbocycles. The summed E-state index contributed by atoms with van der Waals surface area (Å²) >= 11 is 0. The maximum atomic E-state index is 4.13. The first-order valence-electron chi connectivity index (χ1n) is 4.94. The van der Waals surface area contributed by atoms with Crippen molar-refractivity contribution in [3.8, 4) is 0 Å². The summed E-state index contributed by atoms with van der Waals surface area (Å²) in [7, 11) is 0. The van der Waals surface area contributed by atoms with Crippen LogP contribution in [0.2, 0.25) is 0 Å². The van der Waals surface area contributed by atoms with Crippen molar-refractivity contribution in [3.63, 3.8) is 0 Å². The molecule has 0 fully saturated rings. The van der Waals surface area contributed by atoms with E-state index in [1.54, 1.807) is 6.20 Å². The Morgan fingerprint density at radius 3 is 2.53 bits per heavy atom. The Kier molecular flexibility index (Phi) is 2.64. The Bertz CT molecular complexity index is 472. The second-order valence-electron chi connectivity index (χ2n) is 3.54. The van der Waals surface area contributed by atoms with Gasteiger partial charge in [0.2, 0.25) is 0 Å². The molecule has 74 valence electrons. The van der Waals surface area contributed by atoms with Gasteiger partial charge in [0, 0.05) is 18.0 Å². The van der Waals surface area contributed by atoms with E-state index < -0.39 is 0 Å². The molecule has 0 aliphatic rings. The number of aryl methyl sites for hydroxylation is 1. The van der Waals surface area contributed by atoms with Crippen molar-refractivity contribution in [3.05, 3.63) is 72.1 Å². The summed E-state index contributed by atoms with van der Waals surface area (Å²) in [6, 6.07) is 12.2. The zero-order valence-electron chi connectivity index (χ0n) is 8.77. The number of nitrogens with zero attached hydrogens (tertiary/aromatic N) is 1. The average Bonchev–Trinajstić information content (AvgIpc) is 2.30. The van der Waals surface area contributed by atoms with Crippen LogP contribution in [-0.2, 0) is 0 Å². The van der Waals surface area contributed by atoms with Crippen LogP contribution in [0.15, 0.2) is 55.4 Å². The van der Waals surface area contributed by atoms with Crippen LogP contribution in [0.25, 0.3) is 5.57 Å². The van der Waals surface area contributed by atoms with Crippen LogP contribution in [0, 0.1) is 6.92 Å². The van der Waals surface area contributed by atoms with Gasteiger partial charge in [0.15, 0.2) is 0 Å². The molecule has 0 spiro atoms. The van der Waals surface area contributed by atoms with Crippen molar-refractivity contribution in [1.29, 1.82) is 0 Å². The molecule has 0 atom stereocenters. The Balaban J connectivity index is 2.42. The lowest BCUT2D eigenvalue weighted by atomic mass is 9.98. The molecule has 0 aliphatic carbocycles. The van der Waals surface area contributed by atoms with Crippen molar-refractivity contribution >= 4 is 5.57 Å². The van der Waals surface area contributed by atoms with Gasteiger partial charge in [0.25, 0.3) is 0 Å². The quantitative estimate of drug-likeness (QED) is 0.715. The van der Waals surface area contributed by atoms with Gasteiger partial charge in [-0.1, -0.05) is 36.9 Å². The molecule has 1 nitrogen and oxygen atoms in total. The third-order valence-corrected chi connectivity index (χ3v) is 2.49. The van der Waals surface area contributed by atoms with E-state index in [-0.39, 0.29) is 0 Å². The Labute approximate surface area is 90.1 Å². The molecule has 0 radical (unpaired) electrons. The average molecular weight is 195 g/mol. The van der Waals surface area contributed by atoms with Crippen molar-refractivity contribution in [2.24, 2.45) is 0 Å². The second kappa shape index (κ2) is 4.09. The van der Waals surface area contributed by atoms with Crippen molar-refractivity contribution < 1.29 is 0 Å². The number of hydrogen-bond donors (Lipinski definition) is 0. The summed E-state index contributed by atoms with van der Waals surface area (Å²) in [5.74, 6) is 0. The molecule has 0 amide bonds. The third kappa shape index (κ3) is 1.96. The number of hydrogen-bond acceptors (Lipinski definition) is 1. The van der Waals surface area contributed by atoms with Crippen molar-refractivity contribution in [2.45, 2.75) is 6.92 Å². The number of benzene rings is 1. The highest BCUT2D eigenvalue weighted by molar-refractivity contribution is 5.79. The van der Waals surface area contributed by atoms with Crippen molar-refractivity contribution in [1.82, 2.24) is 4.98 Å². The normalized spacial score (nSPS) is 9.93. The van der Waals surface area contributed by atoms with E-state index in [4.69, 9.17) is 0 Å². The lowest BCUT2D eigenvalue weighted by Crippen LogP contribution is -1.90.